The van der Waals surface area contributed by atoms with Gasteiger partial charge in [-0.15, -0.1) is 0 Å². The molecule has 0 aliphatic carbocycles. The molecule has 0 aromatic heterocycles. The van der Waals surface area contributed by atoms with E-state index in [1.807, 2.05) is 17.0 Å². The first-order chi connectivity index (χ1) is 11.5. The maximum atomic E-state index is 12.3. The van der Waals surface area contributed by atoms with Crippen molar-refractivity contribution in [2.24, 2.45) is 0 Å². The molecule has 1 atom stereocenters. The van der Waals surface area contributed by atoms with Crippen LogP contribution in [0, 0.1) is 0 Å². The number of nitrogens with one attached hydrogen (secondary N) is 1. The number of likely N-dealkylation sites (tertiary alicyclic amines) is 1. The van der Waals surface area contributed by atoms with Gasteiger partial charge >= 0.3 is 0 Å². The zero-order valence-electron chi connectivity index (χ0n) is 13.3. The second kappa shape index (κ2) is 7.72. The van der Waals surface area contributed by atoms with E-state index >= 15 is 0 Å². The SMILES string of the molecule is O=C1CCC(C(=O)N2CCC(OCc3ccc(Cl)c(Cl)c3)CC2)N1. The zero-order chi connectivity index (χ0) is 17.1. The average molecular weight is 371 g/mol. The van der Waals surface area contributed by atoms with Crippen LogP contribution in [0.25, 0.3) is 0 Å². The fraction of sp³-hybridized carbons (Fsp3) is 0.529. The number of ether oxygens (including phenoxy) is 1. The maximum absolute atomic E-state index is 12.3. The molecule has 2 aliphatic rings. The van der Waals surface area contributed by atoms with Crippen molar-refractivity contribution < 1.29 is 14.3 Å². The number of halogens is 2. The molecule has 130 valence electrons. The topological polar surface area (TPSA) is 58.6 Å². The van der Waals surface area contributed by atoms with Crippen molar-refractivity contribution in [3.63, 3.8) is 0 Å². The predicted octanol–water partition coefficient (Wildman–Crippen LogP) is 2.78. The van der Waals surface area contributed by atoms with Crippen LogP contribution < -0.4 is 5.32 Å². The summed E-state index contributed by atoms with van der Waals surface area (Å²) in [6.45, 7) is 1.81. The van der Waals surface area contributed by atoms with Crippen LogP contribution in [-0.4, -0.2) is 41.9 Å². The second-order valence-electron chi connectivity index (χ2n) is 6.24. The van der Waals surface area contributed by atoms with E-state index in [0.717, 1.165) is 18.4 Å². The van der Waals surface area contributed by atoms with E-state index in [2.05, 4.69) is 5.32 Å². The molecule has 0 spiro atoms. The van der Waals surface area contributed by atoms with Gasteiger partial charge in [-0.25, -0.2) is 0 Å². The highest BCUT2D eigenvalue weighted by atomic mass is 35.5. The van der Waals surface area contributed by atoms with Gasteiger partial charge < -0.3 is 15.0 Å². The molecule has 1 unspecified atom stereocenters. The number of hydrogen-bond donors (Lipinski definition) is 1. The van der Waals surface area contributed by atoms with E-state index in [4.69, 9.17) is 27.9 Å². The first-order valence-corrected chi connectivity index (χ1v) is 8.92. The van der Waals surface area contributed by atoms with Gasteiger partial charge in [-0.3, -0.25) is 9.59 Å². The van der Waals surface area contributed by atoms with Gasteiger partial charge in [0.2, 0.25) is 11.8 Å². The Morgan fingerprint density at radius 3 is 2.58 bits per heavy atom. The Morgan fingerprint density at radius 2 is 1.96 bits per heavy atom. The van der Waals surface area contributed by atoms with E-state index < -0.39 is 0 Å². The van der Waals surface area contributed by atoms with Crippen LogP contribution in [0.5, 0.6) is 0 Å². The van der Waals surface area contributed by atoms with Gasteiger partial charge in [0.25, 0.3) is 0 Å². The van der Waals surface area contributed by atoms with Crippen molar-refractivity contribution >= 4 is 35.0 Å². The minimum absolute atomic E-state index is 0.0313. The molecule has 0 radical (unpaired) electrons. The number of piperidine rings is 1. The molecule has 1 aromatic carbocycles. The number of carbonyl (C=O) groups excluding carboxylic acids is 2. The molecule has 1 aromatic rings. The summed E-state index contributed by atoms with van der Waals surface area (Å²) in [6, 6.07) is 5.13. The molecule has 24 heavy (non-hydrogen) atoms. The molecule has 2 heterocycles. The normalized spacial score (nSPS) is 21.8. The molecule has 0 bridgehead atoms. The number of amides is 2. The van der Waals surface area contributed by atoms with Crippen LogP contribution in [0.4, 0.5) is 0 Å². The molecular formula is C17H20Cl2N2O3. The Labute approximate surface area is 151 Å². The minimum Gasteiger partial charge on any atom is -0.373 e. The Hall–Kier alpha value is -1.30. The largest absolute Gasteiger partial charge is 0.373 e. The molecule has 0 saturated carbocycles. The molecule has 7 heteroatoms. The molecule has 1 N–H and O–H groups in total. The Balaban J connectivity index is 1.44. The van der Waals surface area contributed by atoms with Crippen molar-refractivity contribution in [3.05, 3.63) is 33.8 Å². The van der Waals surface area contributed by atoms with Crippen molar-refractivity contribution in [2.45, 2.75) is 44.4 Å². The summed E-state index contributed by atoms with van der Waals surface area (Å²) in [5.41, 5.74) is 0.983. The third kappa shape index (κ3) is 4.21. The van der Waals surface area contributed by atoms with Crippen LogP contribution in [0.15, 0.2) is 18.2 Å². The monoisotopic (exact) mass is 370 g/mol. The van der Waals surface area contributed by atoms with Gasteiger partial charge in [0.05, 0.1) is 22.8 Å². The second-order valence-corrected chi connectivity index (χ2v) is 7.06. The maximum Gasteiger partial charge on any atom is 0.245 e. The lowest BCUT2D eigenvalue weighted by molar-refractivity contribution is -0.137. The third-order valence-electron chi connectivity index (χ3n) is 4.52. The number of nitrogens with zero attached hydrogens (tertiary/aromatic N) is 1. The van der Waals surface area contributed by atoms with E-state index in [1.54, 1.807) is 6.07 Å². The summed E-state index contributed by atoms with van der Waals surface area (Å²) in [5, 5.41) is 3.79. The van der Waals surface area contributed by atoms with Gasteiger partial charge in [-0.05, 0) is 37.0 Å². The summed E-state index contributed by atoms with van der Waals surface area (Å²) in [6.07, 6.45) is 2.77. The van der Waals surface area contributed by atoms with E-state index in [0.29, 0.717) is 42.6 Å². The Kier molecular flexibility index (Phi) is 5.64. The first-order valence-electron chi connectivity index (χ1n) is 8.16. The predicted molar refractivity (Wildman–Crippen MR) is 92.0 cm³/mol. The van der Waals surface area contributed by atoms with Gasteiger partial charge in [0.15, 0.2) is 0 Å². The lowest BCUT2D eigenvalue weighted by Crippen LogP contribution is -2.48. The van der Waals surface area contributed by atoms with Crippen LogP contribution in [0.1, 0.15) is 31.2 Å². The number of hydrogen-bond acceptors (Lipinski definition) is 3. The van der Waals surface area contributed by atoms with E-state index in [-0.39, 0.29) is 24.0 Å². The average Bonchev–Trinajstić information content (AvgIpc) is 3.02. The number of benzene rings is 1. The van der Waals surface area contributed by atoms with Gasteiger partial charge in [0, 0.05) is 19.5 Å². The van der Waals surface area contributed by atoms with Crippen LogP contribution in [-0.2, 0) is 20.9 Å². The summed E-state index contributed by atoms with van der Waals surface area (Å²) in [4.78, 5) is 25.4. The first kappa shape index (κ1) is 17.5. The van der Waals surface area contributed by atoms with Crippen molar-refractivity contribution in [1.29, 1.82) is 0 Å². The quantitative estimate of drug-likeness (QED) is 0.886. The number of carbonyl (C=O) groups is 2. The summed E-state index contributed by atoms with van der Waals surface area (Å²) >= 11 is 11.9. The molecule has 3 rings (SSSR count). The van der Waals surface area contributed by atoms with Gasteiger partial charge in [-0.2, -0.15) is 0 Å². The van der Waals surface area contributed by atoms with Crippen LogP contribution >= 0.6 is 23.2 Å². The zero-order valence-corrected chi connectivity index (χ0v) is 14.8. The Bertz CT molecular complexity index is 630. The summed E-state index contributed by atoms with van der Waals surface area (Å²) in [5.74, 6) is -0.00280. The smallest absolute Gasteiger partial charge is 0.245 e. The summed E-state index contributed by atoms with van der Waals surface area (Å²) < 4.78 is 5.93. The molecule has 5 nitrogen and oxygen atoms in total. The van der Waals surface area contributed by atoms with Gasteiger partial charge in [0.1, 0.15) is 6.04 Å². The molecule has 2 aliphatic heterocycles. The van der Waals surface area contributed by atoms with Crippen molar-refractivity contribution in [3.8, 4) is 0 Å². The molecular weight excluding hydrogens is 351 g/mol. The van der Waals surface area contributed by atoms with E-state index in [9.17, 15) is 9.59 Å². The lowest BCUT2D eigenvalue weighted by atomic mass is 10.1. The summed E-state index contributed by atoms with van der Waals surface area (Å²) in [7, 11) is 0. The van der Waals surface area contributed by atoms with Crippen LogP contribution in [0.3, 0.4) is 0 Å². The van der Waals surface area contributed by atoms with Crippen LogP contribution in [0.2, 0.25) is 10.0 Å². The van der Waals surface area contributed by atoms with Crippen molar-refractivity contribution in [1.82, 2.24) is 10.2 Å². The van der Waals surface area contributed by atoms with E-state index in [1.165, 1.54) is 0 Å². The highest BCUT2D eigenvalue weighted by Gasteiger charge is 2.32. The lowest BCUT2D eigenvalue weighted by Gasteiger charge is -2.33. The fourth-order valence-corrected chi connectivity index (χ4v) is 3.43. The third-order valence-corrected chi connectivity index (χ3v) is 5.26. The molecule has 2 saturated heterocycles. The molecule has 2 amide bonds. The van der Waals surface area contributed by atoms with Crippen molar-refractivity contribution in [2.75, 3.05) is 13.1 Å². The molecule has 2 fully saturated rings. The Morgan fingerprint density at radius 1 is 1.21 bits per heavy atom. The van der Waals surface area contributed by atoms with Gasteiger partial charge in [-0.1, -0.05) is 29.3 Å². The number of rotatable bonds is 4. The highest BCUT2D eigenvalue weighted by Crippen LogP contribution is 2.24. The fourth-order valence-electron chi connectivity index (χ4n) is 3.11. The minimum atomic E-state index is -0.342. The standard InChI is InChI=1S/C17H20Cl2N2O3/c18-13-2-1-11(9-14(13)19)10-24-12-5-7-21(8-6-12)17(23)15-3-4-16(22)20-15/h1-2,9,12,15H,3-8,10H2,(H,20,22). The highest BCUT2D eigenvalue weighted by molar-refractivity contribution is 6.42.